The zero-order valence-electron chi connectivity index (χ0n) is 13.4. The van der Waals surface area contributed by atoms with Gasteiger partial charge in [-0.05, 0) is 24.7 Å². The molecule has 2 rings (SSSR count). The first kappa shape index (κ1) is 17.9. The van der Waals surface area contributed by atoms with Gasteiger partial charge in [-0.25, -0.2) is 13.1 Å². The lowest BCUT2D eigenvalue weighted by Gasteiger charge is -2.29. The van der Waals surface area contributed by atoms with E-state index in [-0.39, 0.29) is 17.3 Å². The molecule has 1 amide bonds. The number of nitrogens with one attached hydrogen (secondary N) is 2. The van der Waals surface area contributed by atoms with E-state index in [4.69, 9.17) is 4.74 Å². The smallest absolute Gasteiger partial charge is 0.250 e. The summed E-state index contributed by atoms with van der Waals surface area (Å²) in [5.74, 6) is -0.184. The van der Waals surface area contributed by atoms with Crippen LogP contribution in [0.3, 0.4) is 0 Å². The van der Waals surface area contributed by atoms with Gasteiger partial charge in [0.25, 0.3) is 5.91 Å². The number of ether oxygens (including phenoxy) is 1. The monoisotopic (exact) mass is 341 g/mol. The number of hydrogen-bond acceptors (Lipinski definition) is 5. The van der Waals surface area contributed by atoms with Crippen molar-refractivity contribution in [2.24, 2.45) is 0 Å². The van der Waals surface area contributed by atoms with Crippen LogP contribution in [0.25, 0.3) is 0 Å². The number of carbonyl (C=O) groups is 1. The second kappa shape index (κ2) is 7.87. The van der Waals surface area contributed by atoms with E-state index in [1.54, 1.807) is 25.1 Å². The van der Waals surface area contributed by atoms with Gasteiger partial charge in [-0.1, -0.05) is 19.1 Å². The summed E-state index contributed by atoms with van der Waals surface area (Å²) in [6.07, 6.45) is -0.484. The maximum atomic E-state index is 12.1. The first-order chi connectivity index (χ1) is 10.9. The van der Waals surface area contributed by atoms with Crippen LogP contribution in [0.2, 0.25) is 0 Å². The van der Waals surface area contributed by atoms with Gasteiger partial charge in [0.2, 0.25) is 10.0 Å². The number of nitrogens with zero attached hydrogens (tertiary/aromatic N) is 1. The SMILES string of the molecule is CCNS(=O)(=O)c1cccc(CNC(=O)C2CN(C)CCO2)c1. The van der Waals surface area contributed by atoms with Crippen molar-refractivity contribution in [3.8, 4) is 0 Å². The third-order valence-corrected chi connectivity index (χ3v) is 5.12. The Labute approximate surface area is 137 Å². The summed E-state index contributed by atoms with van der Waals surface area (Å²) in [6, 6.07) is 6.53. The fraction of sp³-hybridized carbons (Fsp3) is 0.533. The largest absolute Gasteiger partial charge is 0.366 e. The van der Waals surface area contributed by atoms with Gasteiger partial charge in [-0.3, -0.25) is 4.79 Å². The summed E-state index contributed by atoms with van der Waals surface area (Å²) in [5, 5.41) is 2.79. The Morgan fingerprint density at radius 1 is 1.43 bits per heavy atom. The molecule has 1 unspecified atom stereocenters. The van der Waals surface area contributed by atoms with Crippen molar-refractivity contribution in [2.45, 2.75) is 24.5 Å². The molecule has 23 heavy (non-hydrogen) atoms. The van der Waals surface area contributed by atoms with Crippen LogP contribution in [-0.2, 0) is 26.1 Å². The number of morpholine rings is 1. The Morgan fingerprint density at radius 2 is 2.22 bits per heavy atom. The molecule has 128 valence electrons. The second-order valence-electron chi connectivity index (χ2n) is 5.49. The fourth-order valence-corrected chi connectivity index (χ4v) is 3.45. The Kier molecular flexibility index (Phi) is 6.11. The first-order valence-electron chi connectivity index (χ1n) is 7.59. The molecule has 1 aromatic carbocycles. The Bertz CT molecular complexity index is 648. The van der Waals surface area contributed by atoms with Crippen LogP contribution >= 0.6 is 0 Å². The highest BCUT2D eigenvalue weighted by Crippen LogP contribution is 2.11. The Morgan fingerprint density at radius 3 is 2.91 bits per heavy atom. The third kappa shape index (κ3) is 5.00. The van der Waals surface area contributed by atoms with Gasteiger partial charge < -0.3 is 15.0 Å². The molecule has 2 N–H and O–H groups in total. The van der Waals surface area contributed by atoms with Gasteiger partial charge in [-0.15, -0.1) is 0 Å². The van der Waals surface area contributed by atoms with Crippen LogP contribution in [0, 0.1) is 0 Å². The average molecular weight is 341 g/mol. The van der Waals surface area contributed by atoms with Gasteiger partial charge in [0, 0.05) is 26.2 Å². The van der Waals surface area contributed by atoms with Gasteiger partial charge in [0.15, 0.2) is 0 Å². The molecule has 0 aliphatic carbocycles. The van der Waals surface area contributed by atoms with Crippen LogP contribution in [0.15, 0.2) is 29.2 Å². The molecule has 0 spiro atoms. The molecule has 1 fully saturated rings. The van der Waals surface area contributed by atoms with Crippen molar-refractivity contribution in [1.29, 1.82) is 0 Å². The fourth-order valence-electron chi connectivity index (χ4n) is 2.34. The maximum Gasteiger partial charge on any atom is 0.250 e. The zero-order chi connectivity index (χ0) is 16.9. The van der Waals surface area contributed by atoms with E-state index >= 15 is 0 Å². The number of rotatable bonds is 6. The number of amides is 1. The highest BCUT2D eigenvalue weighted by Gasteiger charge is 2.24. The summed E-state index contributed by atoms with van der Waals surface area (Å²) >= 11 is 0. The molecule has 1 aliphatic rings. The van der Waals surface area contributed by atoms with E-state index in [1.165, 1.54) is 6.07 Å². The minimum atomic E-state index is -3.49. The van der Waals surface area contributed by atoms with Crippen molar-refractivity contribution >= 4 is 15.9 Å². The number of sulfonamides is 1. The molecule has 1 aliphatic heterocycles. The highest BCUT2D eigenvalue weighted by atomic mass is 32.2. The van der Waals surface area contributed by atoms with Crippen LogP contribution in [-0.4, -0.2) is 58.6 Å². The molecule has 7 nitrogen and oxygen atoms in total. The third-order valence-electron chi connectivity index (χ3n) is 3.57. The number of benzene rings is 1. The lowest BCUT2D eigenvalue weighted by atomic mass is 10.2. The summed E-state index contributed by atoms with van der Waals surface area (Å²) in [7, 11) is -1.55. The summed E-state index contributed by atoms with van der Waals surface area (Å²) < 4.78 is 31.9. The zero-order valence-corrected chi connectivity index (χ0v) is 14.2. The van der Waals surface area contributed by atoms with Crippen molar-refractivity contribution in [3.05, 3.63) is 29.8 Å². The standard InChI is InChI=1S/C15H23N3O4S/c1-3-17-23(20,21)13-6-4-5-12(9-13)10-16-15(19)14-11-18(2)7-8-22-14/h4-6,9,14,17H,3,7-8,10-11H2,1-2H3,(H,16,19). The minimum Gasteiger partial charge on any atom is -0.366 e. The summed E-state index contributed by atoms with van der Waals surface area (Å²) in [4.78, 5) is 14.3. The van der Waals surface area contributed by atoms with Crippen molar-refractivity contribution in [2.75, 3.05) is 33.3 Å². The molecule has 1 heterocycles. The molecule has 8 heteroatoms. The van der Waals surface area contributed by atoms with Crippen LogP contribution in [0.4, 0.5) is 0 Å². The van der Waals surface area contributed by atoms with E-state index in [0.717, 1.165) is 12.1 Å². The molecule has 1 saturated heterocycles. The second-order valence-corrected chi connectivity index (χ2v) is 7.26. The number of hydrogen-bond donors (Lipinski definition) is 2. The quantitative estimate of drug-likeness (QED) is 0.756. The number of carbonyl (C=O) groups excluding carboxylic acids is 1. The van der Waals surface area contributed by atoms with Crippen molar-refractivity contribution in [1.82, 2.24) is 14.9 Å². The van der Waals surface area contributed by atoms with E-state index < -0.39 is 16.1 Å². The molecule has 0 bridgehead atoms. The Balaban J connectivity index is 1.97. The van der Waals surface area contributed by atoms with Crippen LogP contribution in [0.1, 0.15) is 12.5 Å². The topological polar surface area (TPSA) is 87.7 Å². The highest BCUT2D eigenvalue weighted by molar-refractivity contribution is 7.89. The predicted octanol–water partition coefficient (Wildman–Crippen LogP) is -0.0684. The molecule has 0 saturated carbocycles. The lowest BCUT2D eigenvalue weighted by molar-refractivity contribution is -0.138. The number of likely N-dealkylation sites (N-methyl/N-ethyl adjacent to an activating group) is 1. The van der Waals surface area contributed by atoms with Gasteiger partial charge in [0.05, 0.1) is 11.5 Å². The molecule has 0 radical (unpaired) electrons. The van der Waals surface area contributed by atoms with Crippen LogP contribution < -0.4 is 10.0 Å². The maximum absolute atomic E-state index is 12.1. The molecular formula is C15H23N3O4S. The van der Waals surface area contributed by atoms with Crippen molar-refractivity contribution in [3.63, 3.8) is 0 Å². The molecule has 0 aromatic heterocycles. The molecule has 1 aromatic rings. The van der Waals surface area contributed by atoms with E-state index in [0.29, 0.717) is 19.7 Å². The molecular weight excluding hydrogens is 318 g/mol. The Hall–Kier alpha value is -1.48. The minimum absolute atomic E-state index is 0.184. The van der Waals surface area contributed by atoms with Crippen LogP contribution in [0.5, 0.6) is 0 Å². The van der Waals surface area contributed by atoms with E-state index in [2.05, 4.69) is 10.0 Å². The normalized spacial score (nSPS) is 19.5. The van der Waals surface area contributed by atoms with Crippen molar-refractivity contribution < 1.29 is 17.9 Å². The van der Waals surface area contributed by atoms with Gasteiger partial charge in [0.1, 0.15) is 6.10 Å². The van der Waals surface area contributed by atoms with E-state index in [1.807, 2.05) is 11.9 Å². The first-order valence-corrected chi connectivity index (χ1v) is 9.07. The van der Waals surface area contributed by atoms with E-state index in [9.17, 15) is 13.2 Å². The average Bonchev–Trinajstić information content (AvgIpc) is 2.53. The molecule has 1 atom stereocenters. The van der Waals surface area contributed by atoms with Gasteiger partial charge >= 0.3 is 0 Å². The predicted molar refractivity (Wildman–Crippen MR) is 86.4 cm³/mol. The van der Waals surface area contributed by atoms with Gasteiger partial charge in [-0.2, -0.15) is 0 Å². The summed E-state index contributed by atoms with van der Waals surface area (Å²) in [6.45, 7) is 4.22. The summed E-state index contributed by atoms with van der Waals surface area (Å²) in [5.41, 5.74) is 0.724. The lowest BCUT2D eigenvalue weighted by Crippen LogP contribution is -2.48.